The van der Waals surface area contributed by atoms with Crippen LogP contribution < -0.4 is 5.14 Å². The van der Waals surface area contributed by atoms with Gasteiger partial charge in [-0.15, -0.1) is 10.2 Å². The Morgan fingerprint density at radius 2 is 1.90 bits per heavy atom. The van der Waals surface area contributed by atoms with Crippen molar-refractivity contribution in [2.75, 3.05) is 0 Å². The van der Waals surface area contributed by atoms with Gasteiger partial charge in [0.2, 0.25) is 15.8 Å². The lowest BCUT2D eigenvalue weighted by molar-refractivity contribution is 0.598. The Kier molecular flexibility index (Phi) is 3.16. The molecule has 3 rings (SSSR count). The second-order valence-electron chi connectivity index (χ2n) is 4.09. The van der Waals surface area contributed by atoms with E-state index in [1.165, 1.54) is 12.4 Å². The standard InChI is InChI=1S/C11H9N7O2S/c12-21(19,20)9-3-1-2-8(7-4-13-6-14-5-7)10(9)11-15-17-18-16-11/h1-6H,(H2,12,19,20)(H,15,16,17,18). The van der Waals surface area contributed by atoms with Gasteiger partial charge in [-0.1, -0.05) is 12.1 Å². The van der Waals surface area contributed by atoms with Crippen LogP contribution in [0.4, 0.5) is 0 Å². The van der Waals surface area contributed by atoms with Crippen molar-refractivity contribution in [2.24, 2.45) is 5.14 Å². The van der Waals surface area contributed by atoms with Gasteiger partial charge in [-0.2, -0.15) is 5.21 Å². The molecule has 3 aromatic rings. The highest BCUT2D eigenvalue weighted by Crippen LogP contribution is 2.33. The number of tetrazole rings is 1. The van der Waals surface area contributed by atoms with Gasteiger partial charge in [0.1, 0.15) is 6.33 Å². The highest BCUT2D eigenvalue weighted by molar-refractivity contribution is 7.89. The zero-order chi connectivity index (χ0) is 14.9. The van der Waals surface area contributed by atoms with E-state index < -0.39 is 10.0 Å². The third kappa shape index (κ3) is 2.49. The van der Waals surface area contributed by atoms with Gasteiger partial charge in [-0.05, 0) is 16.8 Å². The molecule has 0 aliphatic rings. The molecule has 0 spiro atoms. The fraction of sp³-hybridized carbons (Fsp3) is 0. The first kappa shape index (κ1) is 13.3. The topological polar surface area (TPSA) is 140 Å². The van der Waals surface area contributed by atoms with Crippen molar-refractivity contribution >= 4 is 10.0 Å². The summed E-state index contributed by atoms with van der Waals surface area (Å²) < 4.78 is 23.6. The number of nitrogens with zero attached hydrogens (tertiary/aromatic N) is 5. The van der Waals surface area contributed by atoms with Crippen LogP contribution >= 0.6 is 0 Å². The van der Waals surface area contributed by atoms with Crippen LogP contribution in [-0.2, 0) is 10.0 Å². The van der Waals surface area contributed by atoms with E-state index in [9.17, 15) is 8.42 Å². The van der Waals surface area contributed by atoms with Gasteiger partial charge < -0.3 is 0 Å². The summed E-state index contributed by atoms with van der Waals surface area (Å²) in [5, 5.41) is 18.7. The zero-order valence-corrected chi connectivity index (χ0v) is 11.3. The lowest BCUT2D eigenvalue weighted by atomic mass is 10.0. The summed E-state index contributed by atoms with van der Waals surface area (Å²) in [7, 11) is -3.95. The van der Waals surface area contributed by atoms with Crippen molar-refractivity contribution in [3.8, 4) is 22.5 Å². The summed E-state index contributed by atoms with van der Waals surface area (Å²) in [6.07, 6.45) is 4.48. The van der Waals surface area contributed by atoms with Gasteiger partial charge >= 0.3 is 0 Å². The highest BCUT2D eigenvalue weighted by Gasteiger charge is 2.22. The Bertz CT molecular complexity index is 863. The lowest BCUT2D eigenvalue weighted by Gasteiger charge is -2.10. The number of primary sulfonamides is 1. The second kappa shape index (κ2) is 5.00. The number of rotatable bonds is 3. The summed E-state index contributed by atoms with van der Waals surface area (Å²) >= 11 is 0. The molecule has 0 fully saturated rings. The fourth-order valence-electron chi connectivity index (χ4n) is 1.95. The van der Waals surface area contributed by atoms with Gasteiger partial charge in [-0.25, -0.2) is 23.5 Å². The highest BCUT2D eigenvalue weighted by atomic mass is 32.2. The van der Waals surface area contributed by atoms with Gasteiger partial charge in [0.15, 0.2) is 0 Å². The first-order valence-corrected chi connectivity index (χ1v) is 7.27. The third-order valence-corrected chi connectivity index (χ3v) is 3.73. The van der Waals surface area contributed by atoms with Crippen molar-refractivity contribution in [1.29, 1.82) is 0 Å². The van der Waals surface area contributed by atoms with Crippen LogP contribution in [0, 0.1) is 0 Å². The lowest BCUT2D eigenvalue weighted by Crippen LogP contribution is -2.14. The van der Waals surface area contributed by atoms with Crippen LogP contribution in [0.1, 0.15) is 0 Å². The van der Waals surface area contributed by atoms with Crippen LogP contribution in [0.5, 0.6) is 0 Å². The Labute approximate surface area is 119 Å². The van der Waals surface area contributed by atoms with Crippen molar-refractivity contribution in [3.63, 3.8) is 0 Å². The summed E-state index contributed by atoms with van der Waals surface area (Å²) in [6.45, 7) is 0. The minimum atomic E-state index is -3.95. The molecule has 2 heterocycles. The predicted molar refractivity (Wildman–Crippen MR) is 72.0 cm³/mol. The van der Waals surface area contributed by atoms with Gasteiger partial charge in [0, 0.05) is 18.0 Å². The van der Waals surface area contributed by atoms with E-state index in [1.54, 1.807) is 24.5 Å². The molecule has 9 nitrogen and oxygen atoms in total. The molecule has 106 valence electrons. The van der Waals surface area contributed by atoms with Crippen molar-refractivity contribution in [3.05, 3.63) is 36.9 Å². The monoisotopic (exact) mass is 303 g/mol. The molecule has 0 radical (unpaired) electrons. The molecule has 0 aliphatic carbocycles. The number of nitrogens with one attached hydrogen (secondary N) is 1. The molecule has 2 aromatic heterocycles. The van der Waals surface area contributed by atoms with E-state index in [-0.39, 0.29) is 16.3 Å². The van der Waals surface area contributed by atoms with Crippen LogP contribution in [0.25, 0.3) is 22.5 Å². The Morgan fingerprint density at radius 3 is 2.52 bits per heavy atom. The van der Waals surface area contributed by atoms with E-state index in [4.69, 9.17) is 5.14 Å². The van der Waals surface area contributed by atoms with E-state index in [0.29, 0.717) is 11.1 Å². The van der Waals surface area contributed by atoms with E-state index in [2.05, 4.69) is 30.6 Å². The average Bonchev–Trinajstić information content (AvgIpc) is 3.00. The molecule has 1 aromatic carbocycles. The molecule has 21 heavy (non-hydrogen) atoms. The number of hydrogen-bond donors (Lipinski definition) is 2. The summed E-state index contributed by atoms with van der Waals surface area (Å²) in [6, 6.07) is 4.67. The van der Waals surface area contributed by atoms with Crippen molar-refractivity contribution in [1.82, 2.24) is 30.6 Å². The van der Waals surface area contributed by atoms with Crippen molar-refractivity contribution < 1.29 is 8.42 Å². The van der Waals surface area contributed by atoms with Gasteiger partial charge in [0.05, 0.1) is 10.5 Å². The first-order valence-electron chi connectivity index (χ1n) is 5.72. The fourth-order valence-corrected chi connectivity index (χ4v) is 2.70. The quantitative estimate of drug-likeness (QED) is 0.692. The smallest absolute Gasteiger partial charge is 0.238 e. The molecule has 0 saturated heterocycles. The number of aromatic nitrogens is 6. The van der Waals surface area contributed by atoms with E-state index >= 15 is 0 Å². The van der Waals surface area contributed by atoms with Crippen LogP contribution in [0.15, 0.2) is 41.8 Å². The van der Waals surface area contributed by atoms with Crippen LogP contribution in [0.3, 0.4) is 0 Å². The number of benzene rings is 1. The maximum Gasteiger partial charge on any atom is 0.238 e. The Hall–Kier alpha value is -2.72. The molecule has 3 N–H and O–H groups in total. The summed E-state index contributed by atoms with van der Waals surface area (Å²) in [5.74, 6) is 0.124. The van der Waals surface area contributed by atoms with Gasteiger partial charge in [0.25, 0.3) is 0 Å². The average molecular weight is 303 g/mol. The SMILES string of the molecule is NS(=O)(=O)c1cccc(-c2cncnc2)c1-c1nn[nH]n1. The molecule has 0 saturated carbocycles. The zero-order valence-electron chi connectivity index (χ0n) is 10.5. The molecule has 0 atom stereocenters. The number of sulfonamides is 1. The number of nitrogens with two attached hydrogens (primary N) is 1. The molecular formula is C11H9N7O2S. The third-order valence-electron chi connectivity index (χ3n) is 2.77. The maximum atomic E-state index is 11.8. The molecule has 0 amide bonds. The minimum absolute atomic E-state index is 0.0924. The van der Waals surface area contributed by atoms with Crippen LogP contribution in [0.2, 0.25) is 0 Å². The molecule has 0 bridgehead atoms. The minimum Gasteiger partial charge on any atom is -0.244 e. The summed E-state index contributed by atoms with van der Waals surface area (Å²) in [5.41, 5.74) is 1.41. The largest absolute Gasteiger partial charge is 0.244 e. The number of aromatic amines is 1. The Morgan fingerprint density at radius 1 is 1.14 bits per heavy atom. The van der Waals surface area contributed by atoms with Gasteiger partial charge in [-0.3, -0.25) is 0 Å². The van der Waals surface area contributed by atoms with E-state index in [0.717, 1.165) is 0 Å². The number of H-pyrrole nitrogens is 1. The van der Waals surface area contributed by atoms with E-state index in [1.807, 2.05) is 0 Å². The molecule has 10 heteroatoms. The first-order chi connectivity index (χ1) is 10.1. The predicted octanol–water partition coefficient (Wildman–Crippen LogP) is -0.0289. The second-order valence-corrected chi connectivity index (χ2v) is 5.62. The maximum absolute atomic E-state index is 11.8. The van der Waals surface area contributed by atoms with Crippen LogP contribution in [-0.4, -0.2) is 39.0 Å². The summed E-state index contributed by atoms with van der Waals surface area (Å²) in [4.78, 5) is 7.75. The molecule has 0 unspecified atom stereocenters. The normalized spacial score (nSPS) is 11.5. The molecular weight excluding hydrogens is 294 g/mol. The Balaban J connectivity index is 2.36. The molecule has 0 aliphatic heterocycles. The van der Waals surface area contributed by atoms with Crippen molar-refractivity contribution in [2.45, 2.75) is 4.90 Å². The number of hydrogen-bond acceptors (Lipinski definition) is 7.